The lowest BCUT2D eigenvalue weighted by Gasteiger charge is -2.07. The largest absolute Gasteiger partial charge is 0.232 e. The van der Waals surface area contributed by atoms with Gasteiger partial charge in [-0.15, -0.1) is 0 Å². The van der Waals surface area contributed by atoms with E-state index in [9.17, 15) is 0 Å². The fourth-order valence-corrected chi connectivity index (χ4v) is 2.39. The van der Waals surface area contributed by atoms with Crippen molar-refractivity contribution in [1.82, 2.24) is 9.97 Å². The van der Waals surface area contributed by atoms with E-state index >= 15 is 0 Å². The normalized spacial score (nSPS) is 10.7. The zero-order chi connectivity index (χ0) is 13.3. The van der Waals surface area contributed by atoms with E-state index in [1.54, 1.807) is 0 Å². The quantitative estimate of drug-likeness (QED) is 0.709. The second kappa shape index (κ2) is 5.55. The summed E-state index contributed by atoms with van der Waals surface area (Å²) in [5.74, 6) is 0.599. The molecule has 0 bridgehead atoms. The summed E-state index contributed by atoms with van der Waals surface area (Å²) in [5.41, 5.74) is 2.79. The smallest absolute Gasteiger partial charge is 0.161 e. The van der Waals surface area contributed by atoms with Gasteiger partial charge in [-0.1, -0.05) is 42.3 Å². The number of nitrogens with zero attached hydrogens (tertiary/aromatic N) is 2. The lowest BCUT2D eigenvalue weighted by molar-refractivity contribution is 0.991. The summed E-state index contributed by atoms with van der Waals surface area (Å²) >= 11 is 15.6. The number of halogens is 3. The van der Waals surface area contributed by atoms with E-state index in [1.165, 1.54) is 0 Å². The van der Waals surface area contributed by atoms with Crippen molar-refractivity contribution in [2.45, 2.75) is 20.3 Å². The Morgan fingerprint density at radius 2 is 1.94 bits per heavy atom. The molecule has 0 saturated carbocycles. The number of hydrogen-bond acceptors (Lipinski definition) is 2. The van der Waals surface area contributed by atoms with E-state index in [0.29, 0.717) is 16.0 Å². The monoisotopic (exact) mass is 344 g/mol. The van der Waals surface area contributed by atoms with Gasteiger partial charge in [0, 0.05) is 10.6 Å². The van der Waals surface area contributed by atoms with Gasteiger partial charge in [0.15, 0.2) is 5.82 Å². The second-order valence-electron chi connectivity index (χ2n) is 3.92. The average molecular weight is 346 g/mol. The van der Waals surface area contributed by atoms with E-state index in [2.05, 4.69) is 25.9 Å². The van der Waals surface area contributed by atoms with Gasteiger partial charge >= 0.3 is 0 Å². The van der Waals surface area contributed by atoms with Crippen LogP contribution in [0.1, 0.15) is 18.2 Å². The molecule has 1 aromatic heterocycles. The molecule has 0 radical (unpaired) electrons. The van der Waals surface area contributed by atoms with E-state index in [0.717, 1.165) is 27.7 Å². The van der Waals surface area contributed by atoms with Crippen LogP contribution in [0.5, 0.6) is 0 Å². The van der Waals surface area contributed by atoms with Crippen molar-refractivity contribution < 1.29 is 0 Å². The van der Waals surface area contributed by atoms with Gasteiger partial charge in [-0.3, -0.25) is 0 Å². The topological polar surface area (TPSA) is 25.8 Å². The molecule has 2 aromatic rings. The third kappa shape index (κ3) is 2.68. The highest BCUT2D eigenvalue weighted by Crippen LogP contribution is 2.29. The summed E-state index contributed by atoms with van der Waals surface area (Å²) in [4.78, 5) is 8.76. The first-order valence-corrected chi connectivity index (χ1v) is 7.06. The minimum atomic E-state index is 0.425. The predicted molar refractivity (Wildman–Crippen MR) is 79.3 cm³/mol. The Labute approximate surface area is 124 Å². The molecule has 94 valence electrons. The van der Waals surface area contributed by atoms with E-state index in [4.69, 9.17) is 23.2 Å². The number of hydrogen-bond donors (Lipinski definition) is 0. The van der Waals surface area contributed by atoms with Crippen molar-refractivity contribution in [3.05, 3.63) is 44.1 Å². The standard InChI is InChI=1S/C13H11BrCl2N2/c1-3-10-11(14)12(16)18-13(17-10)8-5-4-7(2)9(15)6-8/h4-6H,3H2,1-2H3. The van der Waals surface area contributed by atoms with Crippen LogP contribution < -0.4 is 0 Å². The summed E-state index contributed by atoms with van der Waals surface area (Å²) in [6, 6.07) is 5.75. The van der Waals surface area contributed by atoms with Gasteiger partial charge in [-0.05, 0) is 40.9 Å². The summed E-state index contributed by atoms with van der Waals surface area (Å²) in [5, 5.41) is 1.13. The Morgan fingerprint density at radius 3 is 2.56 bits per heavy atom. The molecule has 0 saturated heterocycles. The fraction of sp³-hybridized carbons (Fsp3) is 0.231. The SMILES string of the molecule is CCc1nc(-c2ccc(C)c(Cl)c2)nc(Cl)c1Br. The Hall–Kier alpha value is -0.640. The molecule has 0 fully saturated rings. The van der Waals surface area contributed by atoms with Crippen LogP contribution in [0.4, 0.5) is 0 Å². The van der Waals surface area contributed by atoms with Crippen LogP contribution in [-0.2, 0) is 6.42 Å². The zero-order valence-corrected chi connectivity index (χ0v) is 13.1. The second-order valence-corrected chi connectivity index (χ2v) is 5.47. The molecule has 0 atom stereocenters. The van der Waals surface area contributed by atoms with E-state index in [1.807, 2.05) is 32.0 Å². The molecule has 0 aliphatic carbocycles. The maximum atomic E-state index is 6.11. The molecular formula is C13H11BrCl2N2. The third-order valence-corrected chi connectivity index (χ3v) is 4.39. The number of aryl methyl sites for hydroxylation is 2. The molecule has 0 spiro atoms. The van der Waals surface area contributed by atoms with Gasteiger partial charge < -0.3 is 0 Å². The minimum Gasteiger partial charge on any atom is -0.232 e. The molecule has 0 aliphatic rings. The first kappa shape index (κ1) is 13.8. The average Bonchev–Trinajstić information content (AvgIpc) is 2.36. The van der Waals surface area contributed by atoms with Crippen molar-refractivity contribution in [3.8, 4) is 11.4 Å². The first-order valence-electron chi connectivity index (χ1n) is 5.51. The lowest BCUT2D eigenvalue weighted by atomic mass is 10.1. The maximum absolute atomic E-state index is 6.11. The molecule has 0 amide bonds. The Morgan fingerprint density at radius 1 is 1.22 bits per heavy atom. The molecule has 0 N–H and O–H groups in total. The highest BCUT2D eigenvalue weighted by atomic mass is 79.9. The number of rotatable bonds is 2. The number of aromatic nitrogens is 2. The lowest BCUT2D eigenvalue weighted by Crippen LogP contribution is -1.97. The van der Waals surface area contributed by atoms with Crippen LogP contribution in [0.2, 0.25) is 10.2 Å². The molecule has 0 aliphatic heterocycles. The molecule has 0 unspecified atom stereocenters. The molecule has 2 nitrogen and oxygen atoms in total. The van der Waals surface area contributed by atoms with Crippen LogP contribution in [0.15, 0.2) is 22.7 Å². The first-order chi connectivity index (χ1) is 8.52. The van der Waals surface area contributed by atoms with Gasteiger partial charge in [-0.25, -0.2) is 9.97 Å². The Kier molecular flexibility index (Phi) is 4.25. The van der Waals surface area contributed by atoms with Crippen molar-refractivity contribution in [3.63, 3.8) is 0 Å². The van der Waals surface area contributed by atoms with Crippen LogP contribution in [0.3, 0.4) is 0 Å². The van der Waals surface area contributed by atoms with Crippen LogP contribution >= 0.6 is 39.1 Å². The van der Waals surface area contributed by atoms with Crippen molar-refractivity contribution in [1.29, 1.82) is 0 Å². The zero-order valence-electron chi connectivity index (χ0n) is 9.97. The van der Waals surface area contributed by atoms with Crippen LogP contribution in [0, 0.1) is 6.92 Å². The van der Waals surface area contributed by atoms with Crippen molar-refractivity contribution >= 4 is 39.1 Å². The van der Waals surface area contributed by atoms with Gasteiger partial charge in [0.2, 0.25) is 0 Å². The maximum Gasteiger partial charge on any atom is 0.161 e. The summed E-state index contributed by atoms with van der Waals surface area (Å²) < 4.78 is 0.758. The van der Waals surface area contributed by atoms with Crippen molar-refractivity contribution in [2.24, 2.45) is 0 Å². The predicted octanol–water partition coefficient (Wildman–Crippen LogP) is 5.08. The molecule has 5 heteroatoms. The molecule has 2 rings (SSSR count). The highest BCUT2D eigenvalue weighted by Gasteiger charge is 2.11. The number of benzene rings is 1. The van der Waals surface area contributed by atoms with Gasteiger partial charge in [0.1, 0.15) is 5.15 Å². The van der Waals surface area contributed by atoms with Gasteiger partial charge in [0.25, 0.3) is 0 Å². The van der Waals surface area contributed by atoms with Gasteiger partial charge in [-0.2, -0.15) is 0 Å². The van der Waals surface area contributed by atoms with Crippen LogP contribution in [0.25, 0.3) is 11.4 Å². The van der Waals surface area contributed by atoms with Crippen LogP contribution in [-0.4, -0.2) is 9.97 Å². The molecule has 18 heavy (non-hydrogen) atoms. The summed E-state index contributed by atoms with van der Waals surface area (Å²) in [6.45, 7) is 3.98. The third-order valence-electron chi connectivity index (χ3n) is 2.64. The van der Waals surface area contributed by atoms with E-state index in [-0.39, 0.29) is 0 Å². The molecular weight excluding hydrogens is 335 g/mol. The van der Waals surface area contributed by atoms with Crippen molar-refractivity contribution in [2.75, 3.05) is 0 Å². The summed E-state index contributed by atoms with van der Waals surface area (Å²) in [7, 11) is 0. The minimum absolute atomic E-state index is 0.425. The van der Waals surface area contributed by atoms with E-state index < -0.39 is 0 Å². The highest BCUT2D eigenvalue weighted by molar-refractivity contribution is 9.10. The summed E-state index contributed by atoms with van der Waals surface area (Å²) in [6.07, 6.45) is 0.787. The Balaban J connectivity index is 2.57. The molecule has 1 heterocycles. The molecule has 1 aromatic carbocycles. The Bertz CT molecular complexity index is 600. The fourth-order valence-electron chi connectivity index (χ4n) is 1.56. The van der Waals surface area contributed by atoms with Gasteiger partial charge in [0.05, 0.1) is 10.2 Å².